The van der Waals surface area contributed by atoms with Gasteiger partial charge in [-0.2, -0.15) is 9.67 Å². The number of piperidine rings is 1. The maximum absolute atomic E-state index is 14.8. The summed E-state index contributed by atoms with van der Waals surface area (Å²) < 4.78 is 30.8. The maximum Gasteiger partial charge on any atom is 0.229 e. The topological polar surface area (TPSA) is 117 Å². The first-order valence-electron chi connectivity index (χ1n) is 12.9. The van der Waals surface area contributed by atoms with E-state index in [1.165, 1.54) is 10.7 Å². The number of rotatable bonds is 9. The lowest BCUT2D eigenvalue weighted by Gasteiger charge is -2.46. The van der Waals surface area contributed by atoms with E-state index in [1.54, 1.807) is 0 Å². The van der Waals surface area contributed by atoms with Gasteiger partial charge in [-0.05, 0) is 69.0 Å². The summed E-state index contributed by atoms with van der Waals surface area (Å²) in [6.45, 7) is 8.59. The maximum atomic E-state index is 14.8. The first kappa shape index (κ1) is 25.2. The number of aromatic nitrogens is 6. The van der Waals surface area contributed by atoms with Crippen molar-refractivity contribution in [2.75, 3.05) is 23.7 Å². The van der Waals surface area contributed by atoms with Gasteiger partial charge in [0.15, 0.2) is 23.3 Å². The standard InChI is InChI=1S/C25H33F2N9O/c1-4-5-9-35-10-8-16(13-25(35,2)3)29-22-18(27)14-28-24(31-22)30-19-12-20(21(37)11-17(19)26)36-23(15-6-7-15)32-33-34-36/h11-12,14-16,37H,4-10,13H2,1-3H3,(H2,28,29,30,31)/t16-/m1/s1. The molecule has 3 heterocycles. The molecular weight excluding hydrogens is 480 g/mol. The van der Waals surface area contributed by atoms with Crippen LogP contribution in [0.2, 0.25) is 0 Å². The number of phenols is 1. The van der Waals surface area contributed by atoms with Crippen LogP contribution in [0.5, 0.6) is 5.75 Å². The van der Waals surface area contributed by atoms with E-state index >= 15 is 0 Å². The summed E-state index contributed by atoms with van der Waals surface area (Å²) in [5, 5.41) is 28.1. The van der Waals surface area contributed by atoms with Crippen LogP contribution in [0.25, 0.3) is 5.69 Å². The quantitative estimate of drug-likeness (QED) is 0.355. The monoisotopic (exact) mass is 513 g/mol. The van der Waals surface area contributed by atoms with Crippen molar-refractivity contribution in [1.82, 2.24) is 35.1 Å². The molecule has 1 saturated heterocycles. The zero-order chi connectivity index (χ0) is 26.2. The highest BCUT2D eigenvalue weighted by molar-refractivity contribution is 5.63. The first-order chi connectivity index (χ1) is 17.7. The summed E-state index contributed by atoms with van der Waals surface area (Å²) in [5.74, 6) is -0.672. The van der Waals surface area contributed by atoms with Gasteiger partial charge in [-0.25, -0.2) is 13.8 Å². The Morgan fingerprint density at radius 3 is 2.70 bits per heavy atom. The molecule has 2 aromatic heterocycles. The van der Waals surface area contributed by atoms with Crippen molar-refractivity contribution >= 4 is 17.5 Å². The van der Waals surface area contributed by atoms with Crippen molar-refractivity contribution in [3.63, 3.8) is 0 Å². The highest BCUT2D eigenvalue weighted by atomic mass is 19.1. The smallest absolute Gasteiger partial charge is 0.229 e. The second-order valence-corrected chi connectivity index (χ2v) is 10.5. The number of halogens is 2. The Morgan fingerprint density at radius 1 is 1.16 bits per heavy atom. The average molecular weight is 514 g/mol. The summed E-state index contributed by atoms with van der Waals surface area (Å²) in [6.07, 6.45) is 6.99. The number of hydrogen-bond donors (Lipinski definition) is 3. The average Bonchev–Trinajstić information content (AvgIpc) is 3.58. The molecule has 0 unspecified atom stereocenters. The van der Waals surface area contributed by atoms with Crippen LogP contribution >= 0.6 is 0 Å². The van der Waals surface area contributed by atoms with Crippen molar-refractivity contribution in [3.05, 3.63) is 35.8 Å². The van der Waals surface area contributed by atoms with Gasteiger partial charge in [0, 0.05) is 30.1 Å². The summed E-state index contributed by atoms with van der Waals surface area (Å²) in [7, 11) is 0. The second-order valence-electron chi connectivity index (χ2n) is 10.5. The van der Waals surface area contributed by atoms with E-state index in [0.29, 0.717) is 5.82 Å². The third-order valence-corrected chi connectivity index (χ3v) is 7.19. The number of nitrogens with zero attached hydrogens (tertiary/aromatic N) is 7. The number of tetrazole rings is 1. The number of unbranched alkanes of at least 4 members (excludes halogenated alkanes) is 1. The highest BCUT2D eigenvalue weighted by Gasteiger charge is 2.35. The Bertz CT molecular complexity index is 1260. The van der Waals surface area contributed by atoms with Crippen molar-refractivity contribution in [2.45, 2.75) is 76.8 Å². The summed E-state index contributed by atoms with van der Waals surface area (Å²) >= 11 is 0. The van der Waals surface area contributed by atoms with Gasteiger partial charge in [-0.15, -0.1) is 5.10 Å². The van der Waals surface area contributed by atoms with E-state index < -0.39 is 11.6 Å². The Morgan fingerprint density at radius 2 is 1.97 bits per heavy atom. The fourth-order valence-electron chi connectivity index (χ4n) is 4.96. The van der Waals surface area contributed by atoms with Crippen LogP contribution in [-0.2, 0) is 0 Å². The van der Waals surface area contributed by atoms with Gasteiger partial charge in [0.1, 0.15) is 11.4 Å². The van der Waals surface area contributed by atoms with E-state index in [1.807, 2.05) is 0 Å². The van der Waals surface area contributed by atoms with Gasteiger partial charge in [0.2, 0.25) is 5.95 Å². The van der Waals surface area contributed by atoms with E-state index in [-0.39, 0.29) is 46.4 Å². The number of nitrogens with one attached hydrogen (secondary N) is 2. The Labute approximate surface area is 214 Å². The molecule has 1 aliphatic carbocycles. The SMILES string of the molecule is CCCCN1CC[C@@H](Nc2nc(Nc3cc(-n4nnnc4C4CC4)c(O)cc3F)ncc2F)CC1(C)C. The number of likely N-dealkylation sites (tertiary alicyclic amines) is 1. The van der Waals surface area contributed by atoms with Gasteiger partial charge >= 0.3 is 0 Å². The number of aromatic hydroxyl groups is 1. The van der Waals surface area contributed by atoms with Gasteiger partial charge < -0.3 is 15.7 Å². The number of phenolic OH excluding ortho intramolecular Hbond substituents is 1. The molecule has 1 atom stereocenters. The third kappa shape index (κ3) is 5.48. The highest BCUT2D eigenvalue weighted by Crippen LogP contribution is 2.40. The van der Waals surface area contributed by atoms with Crippen LogP contribution in [0.15, 0.2) is 18.3 Å². The molecule has 0 bridgehead atoms. The first-order valence-corrected chi connectivity index (χ1v) is 12.9. The Balaban J connectivity index is 1.33. The lowest BCUT2D eigenvalue weighted by Crippen LogP contribution is -2.53. The van der Waals surface area contributed by atoms with Gasteiger partial charge in [-0.1, -0.05) is 13.3 Å². The van der Waals surface area contributed by atoms with Crippen LogP contribution in [0.1, 0.15) is 71.0 Å². The van der Waals surface area contributed by atoms with Crippen molar-refractivity contribution < 1.29 is 13.9 Å². The minimum Gasteiger partial charge on any atom is -0.506 e. The summed E-state index contributed by atoms with van der Waals surface area (Å²) in [6, 6.07) is 2.41. The largest absolute Gasteiger partial charge is 0.506 e. The number of hydrogen-bond acceptors (Lipinski definition) is 9. The minimum absolute atomic E-state index is 0.00738. The fourth-order valence-corrected chi connectivity index (χ4v) is 4.96. The lowest BCUT2D eigenvalue weighted by molar-refractivity contribution is 0.0692. The molecule has 1 saturated carbocycles. The summed E-state index contributed by atoms with van der Waals surface area (Å²) in [5.41, 5.74) is 0.220. The Hall–Kier alpha value is -3.41. The van der Waals surface area contributed by atoms with Crippen LogP contribution in [-0.4, -0.2) is 64.9 Å². The van der Waals surface area contributed by atoms with E-state index in [2.05, 4.69) is 61.8 Å². The predicted molar refractivity (Wildman–Crippen MR) is 135 cm³/mol. The van der Waals surface area contributed by atoms with E-state index in [0.717, 1.165) is 63.9 Å². The normalized spacial score (nSPS) is 19.6. The molecule has 2 aliphatic rings. The van der Waals surface area contributed by atoms with Crippen LogP contribution in [0.3, 0.4) is 0 Å². The van der Waals surface area contributed by atoms with Gasteiger partial charge in [0.25, 0.3) is 0 Å². The van der Waals surface area contributed by atoms with E-state index in [4.69, 9.17) is 0 Å². The molecule has 1 aromatic carbocycles. The summed E-state index contributed by atoms with van der Waals surface area (Å²) in [4.78, 5) is 10.8. The molecule has 37 heavy (non-hydrogen) atoms. The third-order valence-electron chi connectivity index (χ3n) is 7.19. The Kier molecular flexibility index (Phi) is 6.93. The van der Waals surface area contributed by atoms with Crippen LogP contribution < -0.4 is 10.6 Å². The molecule has 0 amide bonds. The van der Waals surface area contributed by atoms with Crippen LogP contribution in [0, 0.1) is 11.6 Å². The molecule has 198 valence electrons. The molecule has 3 aromatic rings. The number of benzene rings is 1. The number of anilines is 3. The molecule has 0 radical (unpaired) electrons. The molecule has 12 heteroatoms. The predicted octanol–water partition coefficient (Wildman–Crippen LogP) is 4.51. The van der Waals surface area contributed by atoms with Gasteiger partial charge in [0.05, 0.1) is 11.9 Å². The van der Waals surface area contributed by atoms with E-state index in [9.17, 15) is 13.9 Å². The zero-order valence-electron chi connectivity index (χ0n) is 21.4. The molecule has 1 aliphatic heterocycles. The zero-order valence-corrected chi connectivity index (χ0v) is 21.4. The van der Waals surface area contributed by atoms with Crippen molar-refractivity contribution in [3.8, 4) is 11.4 Å². The van der Waals surface area contributed by atoms with Gasteiger partial charge in [-0.3, -0.25) is 4.90 Å². The molecule has 5 rings (SSSR count). The van der Waals surface area contributed by atoms with Crippen molar-refractivity contribution in [2.24, 2.45) is 0 Å². The fraction of sp³-hybridized carbons (Fsp3) is 0.560. The second kappa shape index (κ2) is 10.2. The molecule has 10 nitrogen and oxygen atoms in total. The molecule has 3 N–H and O–H groups in total. The minimum atomic E-state index is -0.717. The van der Waals surface area contributed by atoms with Crippen LogP contribution in [0.4, 0.5) is 26.2 Å². The molecular formula is C25H33F2N9O. The van der Waals surface area contributed by atoms with Crippen molar-refractivity contribution in [1.29, 1.82) is 0 Å². The lowest BCUT2D eigenvalue weighted by atomic mass is 9.86. The molecule has 2 fully saturated rings. The molecule has 0 spiro atoms.